The van der Waals surface area contributed by atoms with E-state index in [4.69, 9.17) is 20.8 Å². The van der Waals surface area contributed by atoms with Gasteiger partial charge in [0.05, 0.1) is 6.21 Å². The number of benzene rings is 1. The number of nitrogens with one attached hydrogen (secondary N) is 1. The summed E-state index contributed by atoms with van der Waals surface area (Å²) in [6, 6.07) is 9.57. The second-order valence-electron chi connectivity index (χ2n) is 8.10. The number of urea groups is 1. The van der Waals surface area contributed by atoms with E-state index in [1.54, 1.807) is 57.2 Å². The number of ether oxygens (including phenoxy) is 1. The Labute approximate surface area is 195 Å². The molecule has 1 fully saturated rings. The zero-order chi connectivity index (χ0) is 24.2. The second-order valence-corrected chi connectivity index (χ2v) is 8.53. The van der Waals surface area contributed by atoms with Gasteiger partial charge in [0.1, 0.15) is 23.7 Å². The lowest BCUT2D eigenvalue weighted by molar-refractivity contribution is -0.138. The molecule has 1 aliphatic heterocycles. The van der Waals surface area contributed by atoms with Crippen molar-refractivity contribution in [2.75, 3.05) is 13.1 Å². The monoisotopic (exact) mass is 474 g/mol. The third kappa shape index (κ3) is 6.42. The molecule has 0 radical (unpaired) electrons. The predicted octanol–water partition coefficient (Wildman–Crippen LogP) is 3.64. The Morgan fingerprint density at radius 1 is 1.18 bits per heavy atom. The van der Waals surface area contributed by atoms with E-state index in [-0.39, 0.29) is 19.5 Å². The molecule has 0 bridgehead atoms. The van der Waals surface area contributed by atoms with E-state index in [0.29, 0.717) is 21.4 Å². The first-order chi connectivity index (χ1) is 15.5. The first-order valence-electron chi connectivity index (χ1n) is 10.1. The number of alkyl carbamates (subject to hydrolysis) is 1. The molecule has 3 rings (SSSR count). The molecule has 5 amide bonds. The third-order valence-electron chi connectivity index (χ3n) is 4.28. The molecule has 1 aromatic carbocycles. The molecule has 0 spiro atoms. The standard InChI is InChI=1S/C22H23ClN4O6/c1-22(2,3)33-20(30)24-11-10-18(28)27-19(29)13-26(21(27)31)25-12-16-8-9-17(32-16)14-4-6-15(23)7-5-14/h4-9,12H,10-11,13H2,1-3H3,(H,24,30). The van der Waals surface area contributed by atoms with Gasteiger partial charge < -0.3 is 14.5 Å². The zero-order valence-corrected chi connectivity index (χ0v) is 19.1. The lowest BCUT2D eigenvalue weighted by Gasteiger charge is -2.19. The maximum atomic E-state index is 12.5. The average Bonchev–Trinajstić information content (AvgIpc) is 3.29. The van der Waals surface area contributed by atoms with Gasteiger partial charge in [0.15, 0.2) is 0 Å². The van der Waals surface area contributed by atoms with Crippen LogP contribution in [0.1, 0.15) is 33.0 Å². The Morgan fingerprint density at radius 3 is 2.55 bits per heavy atom. The quantitative estimate of drug-likeness (QED) is 0.504. The first kappa shape index (κ1) is 24.0. The van der Waals surface area contributed by atoms with Gasteiger partial charge in [0, 0.05) is 23.6 Å². The Balaban J connectivity index is 1.55. The highest BCUT2D eigenvalue weighted by molar-refractivity contribution is 6.30. The molecular weight excluding hydrogens is 452 g/mol. The van der Waals surface area contributed by atoms with E-state index < -0.39 is 29.5 Å². The van der Waals surface area contributed by atoms with Crippen molar-refractivity contribution in [2.24, 2.45) is 5.10 Å². The van der Waals surface area contributed by atoms with Gasteiger partial charge in [-0.15, -0.1) is 0 Å². The smallest absolute Gasteiger partial charge is 0.407 e. The van der Waals surface area contributed by atoms with Gasteiger partial charge in [0.25, 0.3) is 5.91 Å². The number of furan rings is 1. The Bertz CT molecular complexity index is 1090. The number of imide groups is 3. The van der Waals surface area contributed by atoms with Gasteiger partial charge in [-0.3, -0.25) is 9.59 Å². The van der Waals surface area contributed by atoms with Crippen LogP contribution in [0, 0.1) is 0 Å². The average molecular weight is 475 g/mol. The van der Waals surface area contributed by atoms with Gasteiger partial charge in [-0.25, -0.2) is 14.6 Å². The fourth-order valence-electron chi connectivity index (χ4n) is 2.84. The van der Waals surface area contributed by atoms with E-state index in [9.17, 15) is 19.2 Å². The fraction of sp³-hybridized carbons (Fsp3) is 0.318. The van der Waals surface area contributed by atoms with Crippen LogP contribution in [-0.4, -0.2) is 58.8 Å². The summed E-state index contributed by atoms with van der Waals surface area (Å²) in [5, 5.41) is 7.84. The maximum absolute atomic E-state index is 12.5. The second kappa shape index (κ2) is 9.86. The van der Waals surface area contributed by atoms with Crippen LogP contribution < -0.4 is 5.32 Å². The number of hydrogen-bond acceptors (Lipinski definition) is 7. The van der Waals surface area contributed by atoms with Crippen LogP contribution >= 0.6 is 11.6 Å². The summed E-state index contributed by atoms with van der Waals surface area (Å²) in [5.41, 5.74) is 0.125. The number of amides is 5. The van der Waals surface area contributed by atoms with E-state index >= 15 is 0 Å². The van der Waals surface area contributed by atoms with Crippen LogP contribution in [0.3, 0.4) is 0 Å². The minimum atomic E-state index is -0.872. The maximum Gasteiger partial charge on any atom is 0.407 e. The molecular formula is C22H23ClN4O6. The van der Waals surface area contributed by atoms with Crippen molar-refractivity contribution in [1.29, 1.82) is 0 Å². The zero-order valence-electron chi connectivity index (χ0n) is 18.3. The molecule has 1 saturated heterocycles. The topological polar surface area (TPSA) is 122 Å². The van der Waals surface area contributed by atoms with E-state index in [1.165, 1.54) is 6.21 Å². The molecule has 174 valence electrons. The van der Waals surface area contributed by atoms with E-state index in [0.717, 1.165) is 10.6 Å². The van der Waals surface area contributed by atoms with Crippen molar-refractivity contribution in [1.82, 2.24) is 15.2 Å². The van der Waals surface area contributed by atoms with Crippen molar-refractivity contribution < 1.29 is 28.3 Å². The minimum absolute atomic E-state index is 0.0893. The van der Waals surface area contributed by atoms with Crippen molar-refractivity contribution in [2.45, 2.75) is 32.8 Å². The molecule has 0 unspecified atom stereocenters. The molecule has 11 heteroatoms. The SMILES string of the molecule is CC(C)(C)OC(=O)NCCC(=O)N1C(=O)CN(N=Cc2ccc(-c3ccc(Cl)cc3)o2)C1=O. The molecule has 0 saturated carbocycles. The summed E-state index contributed by atoms with van der Waals surface area (Å²) in [5.74, 6) is -0.528. The highest BCUT2D eigenvalue weighted by atomic mass is 35.5. The van der Waals surface area contributed by atoms with Crippen LogP contribution in [0.2, 0.25) is 5.02 Å². The van der Waals surface area contributed by atoms with Gasteiger partial charge >= 0.3 is 12.1 Å². The van der Waals surface area contributed by atoms with Crippen molar-refractivity contribution in [3.05, 3.63) is 47.2 Å². The molecule has 1 aliphatic rings. The van der Waals surface area contributed by atoms with Gasteiger partial charge in [-0.2, -0.15) is 10.0 Å². The van der Waals surface area contributed by atoms with E-state index in [2.05, 4.69) is 10.4 Å². The molecule has 10 nitrogen and oxygen atoms in total. The lowest BCUT2D eigenvalue weighted by Crippen LogP contribution is -2.40. The number of hydrogen-bond donors (Lipinski definition) is 1. The first-order valence-corrected chi connectivity index (χ1v) is 10.5. The molecule has 0 atom stereocenters. The van der Waals surface area contributed by atoms with Gasteiger partial charge in [0.2, 0.25) is 5.91 Å². The molecule has 1 N–H and O–H groups in total. The largest absolute Gasteiger partial charge is 0.455 e. The van der Waals surface area contributed by atoms with Crippen molar-refractivity contribution >= 4 is 41.8 Å². The van der Waals surface area contributed by atoms with Gasteiger partial charge in [-0.05, 0) is 57.2 Å². The van der Waals surface area contributed by atoms with Crippen LogP contribution in [0.15, 0.2) is 45.9 Å². The van der Waals surface area contributed by atoms with Crippen molar-refractivity contribution in [3.63, 3.8) is 0 Å². The molecule has 2 heterocycles. The normalized spacial score (nSPS) is 14.3. The number of hydrazone groups is 1. The molecule has 1 aromatic heterocycles. The van der Waals surface area contributed by atoms with E-state index in [1.807, 2.05) is 0 Å². The summed E-state index contributed by atoms with van der Waals surface area (Å²) in [6.45, 7) is 4.64. The highest BCUT2D eigenvalue weighted by Crippen LogP contribution is 2.23. The number of rotatable bonds is 6. The van der Waals surface area contributed by atoms with Crippen molar-refractivity contribution in [3.8, 4) is 11.3 Å². The Hall–Kier alpha value is -3.66. The molecule has 0 aliphatic carbocycles. The lowest BCUT2D eigenvalue weighted by atomic mass is 10.2. The minimum Gasteiger partial charge on any atom is -0.455 e. The summed E-state index contributed by atoms with van der Waals surface area (Å²) in [4.78, 5) is 49.1. The number of carbonyl (C=O) groups excluding carboxylic acids is 4. The Kier molecular flexibility index (Phi) is 7.17. The van der Waals surface area contributed by atoms with Crippen LogP contribution in [0.4, 0.5) is 9.59 Å². The molecule has 2 aromatic rings. The van der Waals surface area contributed by atoms with Crippen LogP contribution in [0.25, 0.3) is 11.3 Å². The molecule has 33 heavy (non-hydrogen) atoms. The Morgan fingerprint density at radius 2 is 1.88 bits per heavy atom. The number of carbonyl (C=O) groups is 4. The third-order valence-corrected chi connectivity index (χ3v) is 4.53. The summed E-state index contributed by atoms with van der Waals surface area (Å²) in [7, 11) is 0. The van der Waals surface area contributed by atoms with Gasteiger partial charge in [-0.1, -0.05) is 11.6 Å². The summed E-state index contributed by atoms with van der Waals surface area (Å²) >= 11 is 5.88. The predicted molar refractivity (Wildman–Crippen MR) is 120 cm³/mol. The van der Waals surface area contributed by atoms with Crippen LogP contribution in [0.5, 0.6) is 0 Å². The summed E-state index contributed by atoms with van der Waals surface area (Å²) < 4.78 is 10.7. The highest BCUT2D eigenvalue weighted by Gasteiger charge is 2.40. The fourth-order valence-corrected chi connectivity index (χ4v) is 2.97. The number of halogens is 1. The summed E-state index contributed by atoms with van der Waals surface area (Å²) in [6.07, 6.45) is 0.330. The van der Waals surface area contributed by atoms with Crippen LogP contribution in [-0.2, 0) is 14.3 Å². The number of nitrogens with zero attached hydrogens (tertiary/aromatic N) is 3.